The predicted molar refractivity (Wildman–Crippen MR) is 77.0 cm³/mol. The topological polar surface area (TPSA) is 75.9 Å². The van der Waals surface area contributed by atoms with Gasteiger partial charge in [0.2, 0.25) is 0 Å². The minimum absolute atomic E-state index is 0.575. The Hall–Kier alpha value is -1.37. The van der Waals surface area contributed by atoms with Crippen molar-refractivity contribution < 1.29 is 0 Å². The zero-order chi connectivity index (χ0) is 13.1. The molecule has 94 valence electrons. The van der Waals surface area contributed by atoms with Crippen molar-refractivity contribution in [1.82, 2.24) is 9.97 Å². The van der Waals surface area contributed by atoms with Gasteiger partial charge in [0.1, 0.15) is 18.0 Å². The Bertz CT molecular complexity index is 575. The number of halogens is 2. The monoisotopic (exact) mass is 327 g/mol. The minimum Gasteiger partial charge on any atom is -0.339 e. The van der Waals surface area contributed by atoms with Crippen molar-refractivity contribution in [2.45, 2.75) is 6.92 Å². The standard InChI is InChI=1S/C11H11BrClN5/c1-6-10(15-5-16-11(6)18-14)17-8-4-2-3-7(13)9(8)12/h2-5H,14H2,1H3,(H2,15,16,17,18). The summed E-state index contributed by atoms with van der Waals surface area (Å²) < 4.78 is 0.784. The van der Waals surface area contributed by atoms with E-state index in [4.69, 9.17) is 17.4 Å². The summed E-state index contributed by atoms with van der Waals surface area (Å²) >= 11 is 9.45. The van der Waals surface area contributed by atoms with Gasteiger partial charge in [-0.2, -0.15) is 0 Å². The molecule has 0 bridgehead atoms. The average Bonchev–Trinajstić information content (AvgIpc) is 2.37. The lowest BCUT2D eigenvalue weighted by Gasteiger charge is -2.12. The van der Waals surface area contributed by atoms with Crippen molar-refractivity contribution >= 4 is 44.9 Å². The van der Waals surface area contributed by atoms with Crippen LogP contribution in [0.5, 0.6) is 0 Å². The Morgan fingerprint density at radius 3 is 2.72 bits per heavy atom. The Morgan fingerprint density at radius 1 is 1.28 bits per heavy atom. The predicted octanol–water partition coefficient (Wildman–Crippen LogP) is 3.23. The van der Waals surface area contributed by atoms with Crippen LogP contribution in [0.1, 0.15) is 5.56 Å². The van der Waals surface area contributed by atoms with E-state index in [1.54, 1.807) is 6.07 Å². The van der Waals surface area contributed by atoms with Gasteiger partial charge in [-0.3, -0.25) is 0 Å². The van der Waals surface area contributed by atoms with Crippen LogP contribution in [0.15, 0.2) is 29.0 Å². The number of nitrogens with two attached hydrogens (primary N) is 1. The SMILES string of the molecule is Cc1c(NN)ncnc1Nc1cccc(Cl)c1Br. The summed E-state index contributed by atoms with van der Waals surface area (Å²) in [6.45, 7) is 1.87. The summed E-state index contributed by atoms with van der Waals surface area (Å²) in [4.78, 5) is 8.19. The second-order valence-electron chi connectivity index (χ2n) is 3.57. The first-order valence-corrected chi connectivity index (χ1v) is 6.30. The number of hydrogen-bond donors (Lipinski definition) is 3. The summed E-state index contributed by atoms with van der Waals surface area (Å²) in [5, 5.41) is 3.81. The first kappa shape index (κ1) is 13.1. The van der Waals surface area contributed by atoms with Crippen LogP contribution in [0, 0.1) is 6.92 Å². The molecule has 0 aliphatic carbocycles. The molecule has 2 rings (SSSR count). The fourth-order valence-corrected chi connectivity index (χ4v) is 1.99. The molecule has 1 aromatic heterocycles. The normalized spacial score (nSPS) is 10.2. The molecule has 7 heteroatoms. The maximum Gasteiger partial charge on any atom is 0.148 e. The molecule has 0 aliphatic rings. The van der Waals surface area contributed by atoms with E-state index < -0.39 is 0 Å². The van der Waals surface area contributed by atoms with E-state index in [1.807, 2.05) is 19.1 Å². The highest BCUT2D eigenvalue weighted by atomic mass is 79.9. The van der Waals surface area contributed by atoms with Gasteiger partial charge in [-0.05, 0) is 35.0 Å². The van der Waals surface area contributed by atoms with Gasteiger partial charge in [-0.25, -0.2) is 15.8 Å². The van der Waals surface area contributed by atoms with Crippen LogP contribution in [-0.2, 0) is 0 Å². The van der Waals surface area contributed by atoms with Crippen LogP contribution in [0.3, 0.4) is 0 Å². The molecular weight excluding hydrogens is 318 g/mol. The van der Waals surface area contributed by atoms with Gasteiger partial charge in [0.25, 0.3) is 0 Å². The molecule has 0 radical (unpaired) electrons. The lowest BCUT2D eigenvalue weighted by atomic mass is 10.2. The van der Waals surface area contributed by atoms with Gasteiger partial charge in [0.15, 0.2) is 0 Å². The Morgan fingerprint density at radius 2 is 2.00 bits per heavy atom. The van der Waals surface area contributed by atoms with Crippen molar-refractivity contribution in [2.75, 3.05) is 10.7 Å². The van der Waals surface area contributed by atoms with Gasteiger partial charge < -0.3 is 10.7 Å². The fraction of sp³-hybridized carbons (Fsp3) is 0.0909. The lowest BCUT2D eigenvalue weighted by Crippen LogP contribution is -2.11. The number of rotatable bonds is 3. The van der Waals surface area contributed by atoms with Crippen LogP contribution in [0.2, 0.25) is 5.02 Å². The van der Waals surface area contributed by atoms with Crippen LogP contribution in [0.4, 0.5) is 17.3 Å². The molecule has 0 amide bonds. The highest BCUT2D eigenvalue weighted by Gasteiger charge is 2.09. The van der Waals surface area contributed by atoms with E-state index >= 15 is 0 Å². The van der Waals surface area contributed by atoms with Gasteiger partial charge in [0, 0.05) is 5.56 Å². The van der Waals surface area contributed by atoms with Crippen molar-refractivity contribution in [3.05, 3.63) is 39.6 Å². The maximum atomic E-state index is 6.03. The average molecular weight is 329 g/mol. The molecule has 0 atom stereocenters. The van der Waals surface area contributed by atoms with E-state index in [0.29, 0.717) is 16.7 Å². The second kappa shape index (κ2) is 5.51. The number of nitrogen functional groups attached to an aromatic ring is 1. The fourth-order valence-electron chi connectivity index (χ4n) is 1.45. The first-order chi connectivity index (χ1) is 8.63. The molecule has 0 saturated heterocycles. The molecule has 2 aromatic rings. The zero-order valence-corrected chi connectivity index (χ0v) is 11.9. The lowest BCUT2D eigenvalue weighted by molar-refractivity contribution is 1.10. The summed E-state index contributed by atoms with van der Waals surface area (Å²) in [6.07, 6.45) is 1.43. The highest BCUT2D eigenvalue weighted by molar-refractivity contribution is 9.10. The van der Waals surface area contributed by atoms with Crippen LogP contribution in [0.25, 0.3) is 0 Å². The Labute approximate surface area is 118 Å². The van der Waals surface area contributed by atoms with Crippen molar-refractivity contribution in [1.29, 1.82) is 0 Å². The van der Waals surface area contributed by atoms with E-state index in [-0.39, 0.29) is 0 Å². The first-order valence-electron chi connectivity index (χ1n) is 5.12. The molecule has 1 aromatic carbocycles. The van der Waals surface area contributed by atoms with Gasteiger partial charge >= 0.3 is 0 Å². The Balaban J connectivity index is 2.37. The van der Waals surface area contributed by atoms with Gasteiger partial charge in [0.05, 0.1) is 15.2 Å². The molecule has 0 aliphatic heterocycles. The zero-order valence-electron chi connectivity index (χ0n) is 9.54. The number of nitrogens with zero attached hydrogens (tertiary/aromatic N) is 2. The third-order valence-electron chi connectivity index (χ3n) is 2.43. The van der Waals surface area contributed by atoms with E-state index in [9.17, 15) is 0 Å². The van der Waals surface area contributed by atoms with Crippen LogP contribution >= 0.6 is 27.5 Å². The van der Waals surface area contributed by atoms with Crippen molar-refractivity contribution in [2.24, 2.45) is 5.84 Å². The second-order valence-corrected chi connectivity index (χ2v) is 4.77. The largest absolute Gasteiger partial charge is 0.339 e. The van der Waals surface area contributed by atoms with Gasteiger partial charge in [-0.1, -0.05) is 17.7 Å². The summed E-state index contributed by atoms with van der Waals surface area (Å²) in [7, 11) is 0. The molecule has 18 heavy (non-hydrogen) atoms. The highest BCUT2D eigenvalue weighted by Crippen LogP contribution is 2.32. The molecule has 4 N–H and O–H groups in total. The number of aromatic nitrogens is 2. The molecule has 5 nitrogen and oxygen atoms in total. The third-order valence-corrected chi connectivity index (χ3v) is 3.82. The molecule has 0 fully saturated rings. The van der Waals surface area contributed by atoms with E-state index in [1.165, 1.54) is 6.33 Å². The number of hydrogen-bond acceptors (Lipinski definition) is 5. The number of nitrogens with one attached hydrogen (secondary N) is 2. The van der Waals surface area contributed by atoms with E-state index in [0.717, 1.165) is 15.7 Å². The third kappa shape index (κ3) is 2.55. The number of benzene rings is 1. The maximum absolute atomic E-state index is 6.03. The quantitative estimate of drug-likeness (QED) is 0.596. The smallest absolute Gasteiger partial charge is 0.148 e. The van der Waals surface area contributed by atoms with Crippen LogP contribution in [-0.4, -0.2) is 9.97 Å². The summed E-state index contributed by atoms with van der Waals surface area (Å²) in [5.41, 5.74) is 4.17. The number of anilines is 3. The van der Waals surface area contributed by atoms with Gasteiger partial charge in [-0.15, -0.1) is 0 Å². The molecule has 0 saturated carbocycles. The minimum atomic E-state index is 0.575. The molecular formula is C11H11BrClN5. The van der Waals surface area contributed by atoms with Crippen molar-refractivity contribution in [3.63, 3.8) is 0 Å². The van der Waals surface area contributed by atoms with E-state index in [2.05, 4.69) is 36.6 Å². The Kier molecular flexibility index (Phi) is 4.00. The summed E-state index contributed by atoms with van der Waals surface area (Å²) in [5.74, 6) is 6.61. The summed E-state index contributed by atoms with van der Waals surface area (Å²) in [6, 6.07) is 5.55. The molecule has 0 unspecified atom stereocenters. The molecule has 0 spiro atoms. The molecule has 1 heterocycles. The van der Waals surface area contributed by atoms with Crippen LogP contribution < -0.4 is 16.6 Å². The van der Waals surface area contributed by atoms with Crippen molar-refractivity contribution in [3.8, 4) is 0 Å². The number of hydrazine groups is 1.